The molecule has 0 aliphatic carbocycles. The number of rotatable bonds is 4. The van der Waals surface area contributed by atoms with E-state index in [2.05, 4.69) is 9.97 Å². The number of benzene rings is 2. The topological polar surface area (TPSA) is 49.0 Å². The van der Waals surface area contributed by atoms with E-state index in [1.165, 1.54) is 0 Å². The van der Waals surface area contributed by atoms with Gasteiger partial charge in [-0.25, -0.2) is 4.98 Å². The molecule has 7 heteroatoms. The molecule has 1 aromatic heterocycles. The number of halogens is 3. The van der Waals surface area contributed by atoms with E-state index in [0.29, 0.717) is 18.9 Å². The average Bonchev–Trinajstić information content (AvgIpc) is 2.54. The molecule has 0 amide bonds. The molecular weight excluding hydrogens is 331 g/mol. The number of H-pyrrole nitrogens is 1. The van der Waals surface area contributed by atoms with Crippen LogP contribution < -0.4 is 5.56 Å². The van der Waals surface area contributed by atoms with Crippen molar-refractivity contribution in [1.29, 1.82) is 0 Å². The van der Waals surface area contributed by atoms with E-state index >= 15 is 0 Å². The number of alkyl halides is 3. The molecule has 0 saturated carbocycles. The number of hydrogen-bond donors (Lipinski definition) is 1. The van der Waals surface area contributed by atoms with Gasteiger partial charge in [-0.3, -0.25) is 9.69 Å². The highest BCUT2D eigenvalue weighted by Gasteiger charge is 2.30. The van der Waals surface area contributed by atoms with Gasteiger partial charge in [-0.2, -0.15) is 13.2 Å². The van der Waals surface area contributed by atoms with Crippen LogP contribution in [0, 0.1) is 0 Å². The maximum absolute atomic E-state index is 12.8. The van der Waals surface area contributed by atoms with E-state index in [0.717, 1.165) is 23.8 Å². The predicted molar refractivity (Wildman–Crippen MR) is 89.0 cm³/mol. The van der Waals surface area contributed by atoms with Gasteiger partial charge in [0.05, 0.1) is 23.0 Å². The van der Waals surface area contributed by atoms with Crippen LogP contribution in [0.2, 0.25) is 0 Å². The zero-order valence-electron chi connectivity index (χ0n) is 13.5. The van der Waals surface area contributed by atoms with Crippen molar-refractivity contribution >= 4 is 10.9 Å². The molecule has 0 aliphatic heterocycles. The molecule has 25 heavy (non-hydrogen) atoms. The zero-order valence-corrected chi connectivity index (χ0v) is 13.5. The fourth-order valence-corrected chi connectivity index (χ4v) is 2.65. The first-order valence-corrected chi connectivity index (χ1v) is 7.65. The summed E-state index contributed by atoms with van der Waals surface area (Å²) in [6.45, 7) is 0.946. The maximum atomic E-state index is 12.8. The van der Waals surface area contributed by atoms with Gasteiger partial charge in [-0.05, 0) is 30.8 Å². The van der Waals surface area contributed by atoms with Crippen molar-refractivity contribution in [3.8, 4) is 0 Å². The van der Waals surface area contributed by atoms with Gasteiger partial charge in [0, 0.05) is 6.54 Å². The van der Waals surface area contributed by atoms with Gasteiger partial charge in [-0.1, -0.05) is 30.3 Å². The zero-order chi connectivity index (χ0) is 18.0. The lowest BCUT2D eigenvalue weighted by Crippen LogP contribution is -2.22. The lowest BCUT2D eigenvalue weighted by atomic mass is 10.1. The second kappa shape index (κ2) is 6.68. The molecule has 0 saturated heterocycles. The molecule has 1 heterocycles. The summed E-state index contributed by atoms with van der Waals surface area (Å²) in [5, 5.41) is 0.141. The van der Waals surface area contributed by atoms with E-state index in [9.17, 15) is 18.0 Å². The van der Waals surface area contributed by atoms with Crippen molar-refractivity contribution in [2.45, 2.75) is 19.3 Å². The van der Waals surface area contributed by atoms with Crippen molar-refractivity contribution in [1.82, 2.24) is 14.9 Å². The largest absolute Gasteiger partial charge is 0.416 e. The van der Waals surface area contributed by atoms with Crippen LogP contribution in [0.25, 0.3) is 10.9 Å². The number of aromatic nitrogens is 2. The van der Waals surface area contributed by atoms with Crippen molar-refractivity contribution in [2.24, 2.45) is 0 Å². The lowest BCUT2D eigenvalue weighted by Gasteiger charge is -2.16. The molecular formula is C18H16F3N3O. The Morgan fingerprint density at radius 1 is 1.08 bits per heavy atom. The summed E-state index contributed by atoms with van der Waals surface area (Å²) in [5.41, 5.74) is -0.127. The van der Waals surface area contributed by atoms with Crippen molar-refractivity contribution in [2.75, 3.05) is 7.05 Å². The van der Waals surface area contributed by atoms with Crippen molar-refractivity contribution in [3.05, 3.63) is 75.8 Å². The first kappa shape index (κ1) is 17.2. The Morgan fingerprint density at radius 2 is 1.80 bits per heavy atom. The van der Waals surface area contributed by atoms with Crippen LogP contribution in [0.5, 0.6) is 0 Å². The third-order valence-corrected chi connectivity index (χ3v) is 3.80. The molecule has 3 rings (SSSR count). The monoisotopic (exact) mass is 347 g/mol. The molecule has 0 atom stereocenters. The highest BCUT2D eigenvalue weighted by atomic mass is 19.4. The van der Waals surface area contributed by atoms with Crippen LogP contribution in [-0.2, 0) is 19.3 Å². The molecule has 2 aromatic carbocycles. The summed E-state index contributed by atoms with van der Waals surface area (Å²) in [6.07, 6.45) is -4.47. The fourth-order valence-electron chi connectivity index (χ4n) is 2.65. The minimum absolute atomic E-state index is 0.0432. The summed E-state index contributed by atoms with van der Waals surface area (Å²) in [4.78, 5) is 20.9. The van der Waals surface area contributed by atoms with Crippen molar-refractivity contribution in [3.63, 3.8) is 0 Å². The Balaban J connectivity index is 1.87. The van der Waals surface area contributed by atoms with E-state index in [4.69, 9.17) is 0 Å². The predicted octanol–water partition coefficient (Wildman–Crippen LogP) is 3.57. The van der Waals surface area contributed by atoms with E-state index < -0.39 is 17.3 Å². The highest BCUT2D eigenvalue weighted by Crippen LogP contribution is 2.30. The molecule has 4 nitrogen and oxygen atoms in total. The Labute approximate surface area is 141 Å². The molecule has 0 bridgehead atoms. The normalized spacial score (nSPS) is 12.0. The first-order valence-electron chi connectivity index (χ1n) is 7.65. The van der Waals surface area contributed by atoms with Crippen molar-refractivity contribution < 1.29 is 13.2 Å². The van der Waals surface area contributed by atoms with Crippen LogP contribution in [0.3, 0.4) is 0 Å². The standard InChI is InChI=1S/C18H16F3N3O/c1-24(10-12-5-3-2-4-6-12)11-16-22-15-9-13(18(19,20)21)7-8-14(15)17(25)23-16/h2-9H,10-11H2,1H3,(H,22,23,25). The first-order chi connectivity index (χ1) is 11.8. The molecule has 0 fully saturated rings. The summed E-state index contributed by atoms with van der Waals surface area (Å²) < 4.78 is 38.5. The van der Waals surface area contributed by atoms with Gasteiger partial charge in [0.2, 0.25) is 0 Å². The van der Waals surface area contributed by atoms with E-state index in [1.54, 1.807) is 0 Å². The molecule has 0 radical (unpaired) electrons. The summed E-state index contributed by atoms with van der Waals surface area (Å²) >= 11 is 0. The number of fused-ring (bicyclic) bond motifs is 1. The van der Waals surface area contributed by atoms with E-state index in [-0.39, 0.29) is 10.9 Å². The summed E-state index contributed by atoms with van der Waals surface area (Å²) in [7, 11) is 1.85. The Morgan fingerprint density at radius 3 is 2.48 bits per heavy atom. The SMILES string of the molecule is CN(Cc1ccccc1)Cc1nc2cc(C(F)(F)F)ccc2c(=O)[nH]1. The van der Waals surface area contributed by atoms with Crippen LogP contribution in [0.4, 0.5) is 13.2 Å². The van der Waals surface area contributed by atoms with Crippen LogP contribution in [-0.4, -0.2) is 21.9 Å². The van der Waals surface area contributed by atoms with Gasteiger partial charge in [0.25, 0.3) is 5.56 Å². The molecule has 0 spiro atoms. The second-order valence-corrected chi connectivity index (χ2v) is 5.90. The lowest BCUT2D eigenvalue weighted by molar-refractivity contribution is -0.137. The van der Waals surface area contributed by atoms with Gasteiger partial charge >= 0.3 is 6.18 Å². The molecule has 0 unspecified atom stereocenters. The minimum atomic E-state index is -4.47. The molecule has 0 aliphatic rings. The summed E-state index contributed by atoms with van der Waals surface area (Å²) in [5.74, 6) is 0.329. The van der Waals surface area contributed by atoms with Gasteiger partial charge in [0.1, 0.15) is 5.82 Å². The molecule has 1 N–H and O–H groups in total. The highest BCUT2D eigenvalue weighted by molar-refractivity contribution is 5.78. The maximum Gasteiger partial charge on any atom is 0.416 e. The molecule has 130 valence electrons. The third kappa shape index (κ3) is 4.06. The average molecular weight is 347 g/mol. The number of nitrogens with one attached hydrogen (secondary N) is 1. The van der Waals surface area contributed by atoms with Crippen LogP contribution >= 0.6 is 0 Å². The van der Waals surface area contributed by atoms with Gasteiger partial charge in [-0.15, -0.1) is 0 Å². The van der Waals surface area contributed by atoms with Gasteiger partial charge < -0.3 is 4.98 Å². The Bertz CT molecular complexity index is 936. The number of aromatic amines is 1. The summed E-state index contributed by atoms with van der Waals surface area (Å²) in [6, 6.07) is 12.7. The van der Waals surface area contributed by atoms with E-state index in [1.807, 2.05) is 42.3 Å². The fraction of sp³-hybridized carbons (Fsp3) is 0.222. The van der Waals surface area contributed by atoms with Crippen LogP contribution in [0.1, 0.15) is 17.0 Å². The van der Waals surface area contributed by atoms with Crippen LogP contribution in [0.15, 0.2) is 53.3 Å². The van der Waals surface area contributed by atoms with Gasteiger partial charge in [0.15, 0.2) is 0 Å². The second-order valence-electron chi connectivity index (χ2n) is 5.90. The third-order valence-electron chi connectivity index (χ3n) is 3.80. The number of nitrogens with zero attached hydrogens (tertiary/aromatic N) is 2. The molecule has 3 aromatic rings. The minimum Gasteiger partial charge on any atom is -0.309 e. The Kier molecular flexibility index (Phi) is 4.59. The number of hydrogen-bond acceptors (Lipinski definition) is 3. The smallest absolute Gasteiger partial charge is 0.309 e. The Hall–Kier alpha value is -2.67. The quantitative estimate of drug-likeness (QED) is 0.785.